The van der Waals surface area contributed by atoms with Crippen LogP contribution in [-0.2, 0) is 23.8 Å². The van der Waals surface area contributed by atoms with Crippen molar-refractivity contribution in [3.8, 4) is 5.75 Å². The van der Waals surface area contributed by atoms with E-state index in [2.05, 4.69) is 22.2 Å². The maximum Gasteiger partial charge on any atom is 0.255 e. The first-order valence-corrected chi connectivity index (χ1v) is 9.98. The minimum Gasteiger partial charge on any atom is -0.497 e. The van der Waals surface area contributed by atoms with Gasteiger partial charge in [-0.05, 0) is 48.6 Å². The molecule has 7 heteroatoms. The molecule has 2 aromatic heterocycles. The van der Waals surface area contributed by atoms with Crippen molar-refractivity contribution in [2.75, 3.05) is 26.8 Å². The summed E-state index contributed by atoms with van der Waals surface area (Å²) >= 11 is 0. The number of aromatic nitrogens is 3. The molecule has 2 aliphatic heterocycles. The Morgan fingerprint density at radius 3 is 2.83 bits per heavy atom. The first kappa shape index (κ1) is 18.1. The summed E-state index contributed by atoms with van der Waals surface area (Å²) < 4.78 is 13.4. The van der Waals surface area contributed by atoms with Crippen LogP contribution in [-0.4, -0.2) is 52.4 Å². The number of carbonyl (C=O) groups is 1. The van der Waals surface area contributed by atoms with Crippen LogP contribution in [0.5, 0.6) is 5.75 Å². The number of piperidine rings is 1. The van der Waals surface area contributed by atoms with Crippen molar-refractivity contribution in [1.29, 1.82) is 0 Å². The minimum atomic E-state index is -0.305. The number of rotatable bonds is 2. The van der Waals surface area contributed by atoms with E-state index in [1.54, 1.807) is 24.2 Å². The average molecular weight is 392 g/mol. The third-order valence-corrected chi connectivity index (χ3v) is 6.26. The molecule has 2 aliphatic rings. The predicted molar refractivity (Wildman–Crippen MR) is 108 cm³/mol. The molecule has 0 saturated carbocycles. The lowest BCUT2D eigenvalue weighted by atomic mass is 9.79. The summed E-state index contributed by atoms with van der Waals surface area (Å²) in [4.78, 5) is 19.4. The van der Waals surface area contributed by atoms with E-state index in [-0.39, 0.29) is 11.5 Å². The molecule has 4 heterocycles. The van der Waals surface area contributed by atoms with Crippen LogP contribution < -0.4 is 4.74 Å². The number of nitrogens with zero attached hydrogens (tertiary/aromatic N) is 4. The zero-order valence-electron chi connectivity index (χ0n) is 16.7. The van der Waals surface area contributed by atoms with E-state index >= 15 is 0 Å². The lowest BCUT2D eigenvalue weighted by Gasteiger charge is -2.45. The smallest absolute Gasteiger partial charge is 0.255 e. The van der Waals surface area contributed by atoms with E-state index in [0.29, 0.717) is 25.3 Å². The molecule has 150 valence electrons. The first-order valence-electron chi connectivity index (χ1n) is 9.98. The molecule has 29 heavy (non-hydrogen) atoms. The Hall–Kier alpha value is -2.93. The molecule has 0 bridgehead atoms. The van der Waals surface area contributed by atoms with Gasteiger partial charge in [0.15, 0.2) is 0 Å². The van der Waals surface area contributed by atoms with Crippen LogP contribution in [0.1, 0.15) is 34.3 Å². The molecular formula is C22H24N4O3. The SMILES string of the molecule is COc1ccc2c(c1)CCOC21CCN(C(=O)c2cnc3cnn(C)c3c2)CC1. The highest BCUT2D eigenvalue weighted by molar-refractivity contribution is 5.96. The highest BCUT2D eigenvalue weighted by Crippen LogP contribution is 2.42. The lowest BCUT2D eigenvalue weighted by Crippen LogP contribution is -2.48. The van der Waals surface area contributed by atoms with E-state index in [0.717, 1.165) is 36.0 Å². The van der Waals surface area contributed by atoms with Crippen LogP contribution in [0, 0.1) is 0 Å². The van der Waals surface area contributed by atoms with Crippen molar-refractivity contribution in [3.05, 3.63) is 53.3 Å². The number of carbonyl (C=O) groups excluding carboxylic acids is 1. The van der Waals surface area contributed by atoms with Crippen molar-refractivity contribution >= 4 is 16.9 Å². The third-order valence-electron chi connectivity index (χ3n) is 6.26. The molecule has 5 rings (SSSR count). The fourth-order valence-electron chi connectivity index (χ4n) is 4.59. The normalized spacial score (nSPS) is 18.1. The molecule has 1 saturated heterocycles. The van der Waals surface area contributed by atoms with Gasteiger partial charge >= 0.3 is 0 Å². The van der Waals surface area contributed by atoms with Gasteiger partial charge in [0.05, 0.1) is 36.6 Å². The van der Waals surface area contributed by atoms with Crippen LogP contribution in [0.3, 0.4) is 0 Å². The van der Waals surface area contributed by atoms with Gasteiger partial charge in [0.2, 0.25) is 0 Å². The fourth-order valence-corrected chi connectivity index (χ4v) is 4.59. The molecule has 0 N–H and O–H groups in total. The molecule has 1 aromatic carbocycles. The minimum absolute atomic E-state index is 0.0150. The Labute approximate surface area is 169 Å². The summed E-state index contributed by atoms with van der Waals surface area (Å²) in [7, 11) is 3.55. The summed E-state index contributed by atoms with van der Waals surface area (Å²) in [6.07, 6.45) is 5.84. The summed E-state index contributed by atoms with van der Waals surface area (Å²) in [6, 6.07) is 8.12. The number of amides is 1. The monoisotopic (exact) mass is 392 g/mol. The van der Waals surface area contributed by atoms with Crippen LogP contribution in [0.4, 0.5) is 0 Å². The van der Waals surface area contributed by atoms with Gasteiger partial charge in [-0.15, -0.1) is 0 Å². The molecule has 0 atom stereocenters. The van der Waals surface area contributed by atoms with Crippen molar-refractivity contribution in [1.82, 2.24) is 19.7 Å². The maximum atomic E-state index is 13.1. The van der Waals surface area contributed by atoms with E-state index < -0.39 is 0 Å². The number of fused-ring (bicyclic) bond motifs is 3. The fraction of sp³-hybridized carbons (Fsp3) is 0.409. The molecule has 0 radical (unpaired) electrons. The van der Waals surface area contributed by atoms with Crippen molar-refractivity contribution in [2.24, 2.45) is 7.05 Å². The maximum absolute atomic E-state index is 13.1. The first-order chi connectivity index (χ1) is 14.1. The number of hydrogen-bond acceptors (Lipinski definition) is 5. The van der Waals surface area contributed by atoms with Gasteiger partial charge in [-0.3, -0.25) is 14.5 Å². The number of ether oxygens (including phenoxy) is 2. The second-order valence-electron chi connectivity index (χ2n) is 7.80. The third kappa shape index (κ3) is 2.97. The van der Waals surface area contributed by atoms with Crippen LogP contribution in [0.25, 0.3) is 11.0 Å². The van der Waals surface area contributed by atoms with Crippen molar-refractivity contribution in [2.45, 2.75) is 24.9 Å². The summed E-state index contributed by atoms with van der Waals surface area (Å²) in [5.41, 5.74) is 4.50. The summed E-state index contributed by atoms with van der Waals surface area (Å²) in [5.74, 6) is 0.896. The van der Waals surface area contributed by atoms with Gasteiger partial charge in [-0.2, -0.15) is 5.10 Å². The van der Waals surface area contributed by atoms with E-state index in [9.17, 15) is 4.79 Å². The quantitative estimate of drug-likeness (QED) is 0.671. The van der Waals surface area contributed by atoms with Gasteiger partial charge in [0.25, 0.3) is 5.91 Å². The molecule has 7 nitrogen and oxygen atoms in total. The van der Waals surface area contributed by atoms with Gasteiger partial charge < -0.3 is 14.4 Å². The number of methoxy groups -OCH3 is 1. The highest BCUT2D eigenvalue weighted by atomic mass is 16.5. The Morgan fingerprint density at radius 1 is 1.21 bits per heavy atom. The van der Waals surface area contributed by atoms with Crippen molar-refractivity contribution in [3.63, 3.8) is 0 Å². The number of pyridine rings is 1. The van der Waals surface area contributed by atoms with E-state index in [1.165, 1.54) is 11.1 Å². The molecule has 0 unspecified atom stereocenters. The molecule has 0 aliphatic carbocycles. The van der Waals surface area contributed by atoms with Crippen LogP contribution >= 0.6 is 0 Å². The molecule has 3 aromatic rings. The Balaban J connectivity index is 1.36. The Bertz CT molecular complexity index is 1080. The average Bonchev–Trinajstić information content (AvgIpc) is 3.14. The standard InChI is InChI=1S/C22H24N4O3/c1-25-20-12-16(13-23-19(20)14-24-25)21(27)26-8-6-22(7-9-26)18-4-3-17(28-2)11-15(18)5-10-29-22/h3-4,11-14H,5-10H2,1-2H3. The molecular weight excluding hydrogens is 368 g/mol. The van der Waals surface area contributed by atoms with Gasteiger partial charge in [-0.25, -0.2) is 0 Å². The van der Waals surface area contributed by atoms with Gasteiger partial charge in [-0.1, -0.05) is 6.07 Å². The second kappa shape index (κ2) is 6.84. The highest BCUT2D eigenvalue weighted by Gasteiger charge is 2.41. The van der Waals surface area contributed by atoms with E-state index in [1.807, 2.05) is 24.1 Å². The summed E-state index contributed by atoms with van der Waals surface area (Å²) in [5, 5.41) is 4.20. The number of hydrogen-bond donors (Lipinski definition) is 0. The largest absolute Gasteiger partial charge is 0.497 e. The predicted octanol–water partition coefficient (Wildman–Crippen LogP) is 2.68. The number of aryl methyl sites for hydroxylation is 1. The van der Waals surface area contributed by atoms with E-state index in [4.69, 9.17) is 9.47 Å². The van der Waals surface area contributed by atoms with Gasteiger partial charge in [0.1, 0.15) is 11.3 Å². The zero-order valence-corrected chi connectivity index (χ0v) is 16.7. The number of likely N-dealkylation sites (tertiary alicyclic amines) is 1. The number of benzene rings is 1. The lowest BCUT2D eigenvalue weighted by molar-refractivity contribution is -0.0935. The Morgan fingerprint density at radius 2 is 2.03 bits per heavy atom. The second-order valence-corrected chi connectivity index (χ2v) is 7.80. The van der Waals surface area contributed by atoms with Crippen LogP contribution in [0.15, 0.2) is 36.7 Å². The molecule has 1 fully saturated rings. The molecule has 1 spiro atoms. The van der Waals surface area contributed by atoms with Crippen molar-refractivity contribution < 1.29 is 14.3 Å². The molecule has 1 amide bonds. The summed E-state index contributed by atoms with van der Waals surface area (Å²) in [6.45, 7) is 2.02. The van der Waals surface area contributed by atoms with Crippen LogP contribution in [0.2, 0.25) is 0 Å². The zero-order chi connectivity index (χ0) is 20.0. The van der Waals surface area contributed by atoms with Gasteiger partial charge in [0, 0.05) is 26.3 Å². The Kier molecular flexibility index (Phi) is 4.28. The topological polar surface area (TPSA) is 69.5 Å².